The van der Waals surface area contributed by atoms with Gasteiger partial charge in [0.1, 0.15) is 5.82 Å². The summed E-state index contributed by atoms with van der Waals surface area (Å²) in [6.45, 7) is 2.50. The number of anilines is 2. The fourth-order valence-electron chi connectivity index (χ4n) is 1.73. The number of nitrogens with zero attached hydrogens (tertiary/aromatic N) is 1. The summed E-state index contributed by atoms with van der Waals surface area (Å²) in [6.07, 6.45) is 2.09. The zero-order valence-electron chi connectivity index (χ0n) is 11.5. The fraction of sp³-hybridized carbons (Fsp3) is 0.200. The van der Waals surface area contributed by atoms with Crippen LogP contribution in [0.15, 0.2) is 45.5 Å². The van der Waals surface area contributed by atoms with Crippen LogP contribution in [0.2, 0.25) is 0 Å². The van der Waals surface area contributed by atoms with E-state index in [2.05, 4.69) is 47.5 Å². The van der Waals surface area contributed by atoms with Gasteiger partial charge in [-0.1, -0.05) is 22.0 Å². The molecule has 0 unspecified atom stereocenters. The maximum atomic E-state index is 11.9. The van der Waals surface area contributed by atoms with E-state index in [9.17, 15) is 4.79 Å². The summed E-state index contributed by atoms with van der Waals surface area (Å²) in [7, 11) is 0. The van der Waals surface area contributed by atoms with Crippen LogP contribution in [0, 0.1) is 6.92 Å². The average Bonchev–Trinajstić information content (AvgIpc) is 2.45. The first-order chi connectivity index (χ1) is 10.0. The maximum absolute atomic E-state index is 11.9. The zero-order valence-corrected chi connectivity index (χ0v) is 14.7. The van der Waals surface area contributed by atoms with Gasteiger partial charge in [-0.2, -0.15) is 0 Å². The van der Waals surface area contributed by atoms with Gasteiger partial charge in [0.25, 0.3) is 0 Å². The molecule has 0 radical (unpaired) electrons. The molecule has 4 nitrogen and oxygen atoms in total. The summed E-state index contributed by atoms with van der Waals surface area (Å²) in [4.78, 5) is 16.1. The largest absolute Gasteiger partial charge is 0.370 e. The summed E-state index contributed by atoms with van der Waals surface area (Å²) >= 11 is 6.73. The summed E-state index contributed by atoms with van der Waals surface area (Å²) in [5.74, 6) is 0.727. The van der Waals surface area contributed by atoms with E-state index in [0.717, 1.165) is 26.0 Å². The quantitative estimate of drug-likeness (QED) is 0.767. The van der Waals surface area contributed by atoms with Crippen LogP contribution in [0.3, 0.4) is 0 Å². The lowest BCUT2D eigenvalue weighted by molar-refractivity contribution is -0.115. The van der Waals surface area contributed by atoms with Gasteiger partial charge in [0.15, 0.2) is 0 Å². The van der Waals surface area contributed by atoms with E-state index in [1.165, 1.54) is 0 Å². The average molecular weight is 413 g/mol. The van der Waals surface area contributed by atoms with E-state index in [4.69, 9.17) is 0 Å². The topological polar surface area (TPSA) is 54.0 Å². The van der Waals surface area contributed by atoms with Crippen molar-refractivity contribution >= 4 is 49.3 Å². The van der Waals surface area contributed by atoms with Gasteiger partial charge in [0.2, 0.25) is 5.91 Å². The number of nitrogens with one attached hydrogen (secondary N) is 2. The molecule has 0 aliphatic rings. The highest BCUT2D eigenvalue weighted by Gasteiger charge is 2.05. The Morgan fingerprint density at radius 2 is 1.95 bits per heavy atom. The van der Waals surface area contributed by atoms with Gasteiger partial charge in [-0.3, -0.25) is 4.79 Å². The molecule has 0 saturated carbocycles. The van der Waals surface area contributed by atoms with E-state index >= 15 is 0 Å². The van der Waals surface area contributed by atoms with Gasteiger partial charge in [-0.15, -0.1) is 0 Å². The maximum Gasteiger partial charge on any atom is 0.226 e. The van der Waals surface area contributed by atoms with Gasteiger partial charge in [0, 0.05) is 33.8 Å². The number of rotatable bonds is 5. The molecule has 1 aromatic carbocycles. The van der Waals surface area contributed by atoms with Crippen molar-refractivity contribution in [3.63, 3.8) is 0 Å². The van der Waals surface area contributed by atoms with Gasteiger partial charge >= 0.3 is 0 Å². The third-order valence-electron chi connectivity index (χ3n) is 2.86. The molecule has 1 amide bonds. The molecular weight excluding hydrogens is 398 g/mol. The minimum Gasteiger partial charge on any atom is -0.370 e. The molecule has 2 N–H and O–H groups in total. The number of carbonyl (C=O) groups is 1. The van der Waals surface area contributed by atoms with Crippen molar-refractivity contribution in [1.82, 2.24) is 4.98 Å². The second-order valence-corrected chi connectivity index (χ2v) is 6.38. The fourth-order valence-corrected chi connectivity index (χ4v) is 2.32. The van der Waals surface area contributed by atoms with E-state index in [1.54, 1.807) is 6.20 Å². The van der Waals surface area contributed by atoms with Gasteiger partial charge in [-0.05, 0) is 52.7 Å². The van der Waals surface area contributed by atoms with Crippen LogP contribution in [0.4, 0.5) is 11.5 Å². The molecule has 1 heterocycles. The lowest BCUT2D eigenvalue weighted by atomic mass is 10.2. The number of carbonyl (C=O) groups excluding carboxylic acids is 1. The van der Waals surface area contributed by atoms with E-state index in [-0.39, 0.29) is 5.91 Å². The molecule has 0 fully saturated rings. The van der Waals surface area contributed by atoms with Crippen LogP contribution in [-0.2, 0) is 4.79 Å². The number of benzene rings is 1. The van der Waals surface area contributed by atoms with Crippen molar-refractivity contribution in [3.8, 4) is 0 Å². The van der Waals surface area contributed by atoms with Gasteiger partial charge in [0.05, 0.1) is 0 Å². The highest BCUT2D eigenvalue weighted by atomic mass is 79.9. The second kappa shape index (κ2) is 7.56. The van der Waals surface area contributed by atoms with Gasteiger partial charge in [-0.25, -0.2) is 4.98 Å². The van der Waals surface area contributed by atoms with Crippen LogP contribution in [0.5, 0.6) is 0 Å². The molecule has 6 heteroatoms. The standard InChI is InChI=1S/C15H15Br2N3O/c1-10-2-3-11(16)8-13(10)20-15(21)6-7-18-14-5-4-12(17)9-19-14/h2-5,8-9H,6-7H2,1H3,(H,18,19)(H,20,21). The van der Waals surface area contributed by atoms with E-state index in [0.29, 0.717) is 13.0 Å². The molecule has 2 rings (SSSR count). The smallest absolute Gasteiger partial charge is 0.226 e. The molecule has 1 aromatic heterocycles. The van der Waals surface area contributed by atoms with E-state index < -0.39 is 0 Å². The van der Waals surface area contributed by atoms with Crippen molar-refractivity contribution < 1.29 is 4.79 Å². The number of hydrogen-bond acceptors (Lipinski definition) is 3. The number of aryl methyl sites for hydroxylation is 1. The molecule has 0 aliphatic heterocycles. The molecule has 0 saturated heterocycles. The molecule has 21 heavy (non-hydrogen) atoms. The van der Waals surface area contributed by atoms with Crippen LogP contribution in [0.25, 0.3) is 0 Å². The Hall–Kier alpha value is -1.40. The lowest BCUT2D eigenvalue weighted by Gasteiger charge is -2.09. The SMILES string of the molecule is Cc1ccc(Br)cc1NC(=O)CCNc1ccc(Br)cn1. The minimum absolute atomic E-state index is 0.0270. The van der Waals surface area contributed by atoms with Crippen LogP contribution >= 0.6 is 31.9 Å². The minimum atomic E-state index is -0.0270. The Balaban J connectivity index is 1.82. The van der Waals surface area contributed by atoms with Crippen molar-refractivity contribution in [2.24, 2.45) is 0 Å². The predicted molar refractivity (Wildman–Crippen MR) is 92.6 cm³/mol. The molecule has 0 bridgehead atoms. The summed E-state index contributed by atoms with van der Waals surface area (Å²) in [6, 6.07) is 9.58. The number of hydrogen-bond donors (Lipinski definition) is 2. The molecule has 2 aromatic rings. The third-order valence-corrected chi connectivity index (χ3v) is 3.82. The molecule has 0 spiro atoms. The summed E-state index contributed by atoms with van der Waals surface area (Å²) in [5, 5.41) is 6.02. The van der Waals surface area contributed by atoms with E-state index in [1.807, 2.05) is 37.3 Å². The lowest BCUT2D eigenvalue weighted by Crippen LogP contribution is -2.17. The van der Waals surface area contributed by atoms with Crippen LogP contribution < -0.4 is 10.6 Å². The van der Waals surface area contributed by atoms with Crippen molar-refractivity contribution in [3.05, 3.63) is 51.0 Å². The summed E-state index contributed by atoms with van der Waals surface area (Å²) < 4.78 is 1.87. The van der Waals surface area contributed by atoms with Gasteiger partial charge < -0.3 is 10.6 Å². The second-order valence-electron chi connectivity index (χ2n) is 4.55. The Bertz CT molecular complexity index is 629. The zero-order chi connectivity index (χ0) is 15.2. The molecular formula is C15H15Br2N3O. The Labute approximate surface area is 140 Å². The third kappa shape index (κ3) is 5.13. The number of amides is 1. The van der Waals surface area contributed by atoms with Crippen molar-refractivity contribution in [2.45, 2.75) is 13.3 Å². The number of aromatic nitrogens is 1. The monoisotopic (exact) mass is 411 g/mol. The molecule has 110 valence electrons. The Morgan fingerprint density at radius 3 is 2.67 bits per heavy atom. The Morgan fingerprint density at radius 1 is 1.19 bits per heavy atom. The van der Waals surface area contributed by atoms with Crippen LogP contribution in [0.1, 0.15) is 12.0 Å². The predicted octanol–water partition coefficient (Wildman–Crippen LogP) is 4.36. The highest BCUT2D eigenvalue weighted by Crippen LogP contribution is 2.20. The highest BCUT2D eigenvalue weighted by molar-refractivity contribution is 9.10. The first-order valence-corrected chi connectivity index (χ1v) is 8.04. The number of halogens is 2. The first-order valence-electron chi connectivity index (χ1n) is 6.46. The molecule has 0 aliphatic carbocycles. The van der Waals surface area contributed by atoms with Crippen LogP contribution in [-0.4, -0.2) is 17.4 Å². The first kappa shape index (κ1) is 16.0. The normalized spacial score (nSPS) is 10.2. The Kier molecular flexibility index (Phi) is 5.76. The molecule has 0 atom stereocenters. The van der Waals surface area contributed by atoms with Crippen molar-refractivity contribution in [1.29, 1.82) is 0 Å². The summed E-state index contributed by atoms with van der Waals surface area (Å²) in [5.41, 5.74) is 1.87. The van der Waals surface area contributed by atoms with Crippen molar-refractivity contribution in [2.75, 3.05) is 17.2 Å². The number of pyridine rings is 1.